The van der Waals surface area contributed by atoms with E-state index in [-0.39, 0.29) is 12.7 Å². The molecule has 0 aliphatic heterocycles. The number of hydrogen-bond acceptors (Lipinski definition) is 4. The number of aliphatic carboxylic acids is 1. The number of rotatable bonds is 8. The maximum atomic E-state index is 10.6. The first-order valence-electron chi connectivity index (χ1n) is 6.38. The molecule has 0 aliphatic carbocycles. The molecule has 0 saturated carbocycles. The van der Waals surface area contributed by atoms with Gasteiger partial charge in [0.1, 0.15) is 0 Å². The number of carbonyl (C=O) groups is 1. The van der Waals surface area contributed by atoms with Gasteiger partial charge in [0.2, 0.25) is 0 Å². The summed E-state index contributed by atoms with van der Waals surface area (Å²) in [6.45, 7) is 4.93. The number of hydrogen-bond donors (Lipinski definition) is 2. The fourth-order valence-corrected chi connectivity index (χ4v) is 1.75. The highest BCUT2D eigenvalue weighted by molar-refractivity contribution is 5.67. The second kappa shape index (κ2) is 7.89. The zero-order chi connectivity index (χ0) is 14.3. The SMILES string of the molecule is CCOC(OCC)c1ccc(C(N)CC(=O)O)cc1. The van der Waals surface area contributed by atoms with Gasteiger partial charge in [-0.1, -0.05) is 24.3 Å². The monoisotopic (exact) mass is 267 g/mol. The zero-order valence-corrected chi connectivity index (χ0v) is 11.3. The lowest BCUT2D eigenvalue weighted by Crippen LogP contribution is -2.15. The highest BCUT2D eigenvalue weighted by Gasteiger charge is 2.14. The van der Waals surface area contributed by atoms with Crippen LogP contribution in [0.5, 0.6) is 0 Å². The lowest BCUT2D eigenvalue weighted by atomic mass is 10.0. The molecule has 19 heavy (non-hydrogen) atoms. The average molecular weight is 267 g/mol. The third-order valence-corrected chi connectivity index (χ3v) is 2.67. The number of carboxylic acids is 1. The van der Waals surface area contributed by atoms with Gasteiger partial charge < -0.3 is 20.3 Å². The van der Waals surface area contributed by atoms with Crippen LogP contribution in [0.1, 0.15) is 43.7 Å². The Bertz CT molecular complexity index is 385. The van der Waals surface area contributed by atoms with Crippen molar-refractivity contribution >= 4 is 5.97 Å². The fourth-order valence-electron chi connectivity index (χ4n) is 1.75. The van der Waals surface area contributed by atoms with Crippen LogP contribution in [0.25, 0.3) is 0 Å². The summed E-state index contributed by atoms with van der Waals surface area (Å²) in [5, 5.41) is 8.71. The standard InChI is InChI=1S/C14H21NO4/c1-3-18-14(19-4-2)11-7-5-10(6-8-11)12(15)9-13(16)17/h5-8,12,14H,3-4,9,15H2,1-2H3,(H,16,17). The van der Waals surface area contributed by atoms with E-state index in [0.717, 1.165) is 11.1 Å². The van der Waals surface area contributed by atoms with Crippen LogP contribution in [-0.2, 0) is 14.3 Å². The van der Waals surface area contributed by atoms with Crippen molar-refractivity contribution in [1.29, 1.82) is 0 Å². The molecule has 1 unspecified atom stereocenters. The topological polar surface area (TPSA) is 81.8 Å². The maximum absolute atomic E-state index is 10.6. The first-order chi connectivity index (χ1) is 9.08. The highest BCUT2D eigenvalue weighted by atomic mass is 16.7. The second-order valence-electron chi connectivity index (χ2n) is 4.11. The summed E-state index contributed by atoms with van der Waals surface area (Å²) < 4.78 is 11.0. The number of benzene rings is 1. The average Bonchev–Trinajstić information content (AvgIpc) is 2.38. The Kier molecular flexibility index (Phi) is 6.49. The van der Waals surface area contributed by atoms with E-state index >= 15 is 0 Å². The molecule has 106 valence electrons. The van der Waals surface area contributed by atoms with E-state index in [0.29, 0.717) is 13.2 Å². The van der Waals surface area contributed by atoms with Crippen LogP contribution in [-0.4, -0.2) is 24.3 Å². The predicted octanol–water partition coefficient (Wildman–Crippen LogP) is 2.23. The van der Waals surface area contributed by atoms with Gasteiger partial charge in [-0.3, -0.25) is 4.79 Å². The minimum Gasteiger partial charge on any atom is -0.481 e. The van der Waals surface area contributed by atoms with E-state index in [1.165, 1.54) is 0 Å². The van der Waals surface area contributed by atoms with Crippen LogP contribution >= 0.6 is 0 Å². The molecule has 3 N–H and O–H groups in total. The summed E-state index contributed by atoms with van der Waals surface area (Å²) in [5.74, 6) is -0.905. The molecule has 0 amide bonds. The molecule has 0 aromatic heterocycles. The van der Waals surface area contributed by atoms with E-state index in [1.807, 2.05) is 38.1 Å². The molecular formula is C14H21NO4. The van der Waals surface area contributed by atoms with Crippen molar-refractivity contribution in [2.75, 3.05) is 13.2 Å². The van der Waals surface area contributed by atoms with Gasteiger partial charge in [-0.05, 0) is 19.4 Å². The molecule has 0 bridgehead atoms. The quantitative estimate of drug-likeness (QED) is 0.706. The van der Waals surface area contributed by atoms with Crippen LogP contribution in [0.4, 0.5) is 0 Å². The Morgan fingerprint density at radius 3 is 2.05 bits per heavy atom. The lowest BCUT2D eigenvalue weighted by molar-refractivity contribution is -0.140. The van der Waals surface area contributed by atoms with Gasteiger partial charge in [-0.25, -0.2) is 0 Å². The van der Waals surface area contributed by atoms with Gasteiger partial charge in [0.15, 0.2) is 6.29 Å². The summed E-state index contributed by atoms with van der Waals surface area (Å²) in [7, 11) is 0. The van der Waals surface area contributed by atoms with Crippen molar-refractivity contribution < 1.29 is 19.4 Å². The van der Waals surface area contributed by atoms with Crippen LogP contribution < -0.4 is 5.73 Å². The molecule has 1 aromatic carbocycles. The summed E-state index contributed by atoms with van der Waals surface area (Å²) in [4.78, 5) is 10.6. The summed E-state index contributed by atoms with van der Waals surface area (Å²) >= 11 is 0. The molecule has 5 nitrogen and oxygen atoms in total. The Labute approximate surface area is 113 Å². The molecule has 5 heteroatoms. The number of carboxylic acid groups (broad SMARTS) is 1. The zero-order valence-electron chi connectivity index (χ0n) is 11.3. The number of nitrogens with two attached hydrogens (primary N) is 1. The highest BCUT2D eigenvalue weighted by Crippen LogP contribution is 2.22. The summed E-state index contributed by atoms with van der Waals surface area (Å²) in [5.41, 5.74) is 7.48. The van der Waals surface area contributed by atoms with E-state index in [9.17, 15) is 4.79 Å². The predicted molar refractivity (Wildman–Crippen MR) is 71.6 cm³/mol. The molecule has 1 rings (SSSR count). The molecule has 0 fully saturated rings. The second-order valence-corrected chi connectivity index (χ2v) is 4.11. The Hall–Kier alpha value is -1.43. The third-order valence-electron chi connectivity index (χ3n) is 2.67. The molecular weight excluding hydrogens is 246 g/mol. The Morgan fingerprint density at radius 2 is 1.63 bits per heavy atom. The van der Waals surface area contributed by atoms with Gasteiger partial charge in [0.25, 0.3) is 0 Å². The fraction of sp³-hybridized carbons (Fsp3) is 0.500. The largest absolute Gasteiger partial charge is 0.481 e. The van der Waals surface area contributed by atoms with Crippen molar-refractivity contribution in [2.45, 2.75) is 32.6 Å². The van der Waals surface area contributed by atoms with Crippen molar-refractivity contribution in [3.63, 3.8) is 0 Å². The van der Waals surface area contributed by atoms with Crippen LogP contribution in [0.3, 0.4) is 0 Å². The first-order valence-corrected chi connectivity index (χ1v) is 6.38. The Morgan fingerprint density at radius 1 is 1.16 bits per heavy atom. The minimum atomic E-state index is -0.905. The maximum Gasteiger partial charge on any atom is 0.305 e. The number of ether oxygens (including phenoxy) is 2. The lowest BCUT2D eigenvalue weighted by Gasteiger charge is -2.18. The molecule has 1 aromatic rings. The van der Waals surface area contributed by atoms with Crippen molar-refractivity contribution in [3.05, 3.63) is 35.4 Å². The van der Waals surface area contributed by atoms with Gasteiger partial charge in [-0.15, -0.1) is 0 Å². The normalized spacial score (nSPS) is 12.6. The van der Waals surface area contributed by atoms with Crippen molar-refractivity contribution in [3.8, 4) is 0 Å². The van der Waals surface area contributed by atoms with Gasteiger partial charge in [0, 0.05) is 24.8 Å². The smallest absolute Gasteiger partial charge is 0.305 e. The van der Waals surface area contributed by atoms with Gasteiger partial charge in [-0.2, -0.15) is 0 Å². The molecule has 0 heterocycles. The van der Waals surface area contributed by atoms with Crippen molar-refractivity contribution in [1.82, 2.24) is 0 Å². The third kappa shape index (κ3) is 4.98. The van der Waals surface area contributed by atoms with E-state index in [2.05, 4.69) is 0 Å². The van der Waals surface area contributed by atoms with Crippen molar-refractivity contribution in [2.24, 2.45) is 5.73 Å². The van der Waals surface area contributed by atoms with Gasteiger partial charge >= 0.3 is 5.97 Å². The van der Waals surface area contributed by atoms with E-state index in [4.69, 9.17) is 20.3 Å². The minimum absolute atomic E-state index is 0.0836. The Balaban J connectivity index is 2.76. The first kappa shape index (κ1) is 15.6. The molecule has 0 radical (unpaired) electrons. The van der Waals surface area contributed by atoms with Crippen LogP contribution in [0, 0.1) is 0 Å². The van der Waals surface area contributed by atoms with E-state index in [1.54, 1.807) is 0 Å². The molecule has 0 spiro atoms. The molecule has 1 atom stereocenters. The van der Waals surface area contributed by atoms with Crippen LogP contribution in [0.15, 0.2) is 24.3 Å². The van der Waals surface area contributed by atoms with Gasteiger partial charge in [0.05, 0.1) is 6.42 Å². The molecule has 0 saturated heterocycles. The molecule has 0 aliphatic rings. The van der Waals surface area contributed by atoms with E-state index < -0.39 is 12.0 Å². The summed E-state index contributed by atoms with van der Waals surface area (Å²) in [6.07, 6.45) is -0.473. The summed E-state index contributed by atoms with van der Waals surface area (Å²) in [6, 6.07) is 6.84. The van der Waals surface area contributed by atoms with Crippen LogP contribution in [0.2, 0.25) is 0 Å².